The molecule has 0 radical (unpaired) electrons. The minimum atomic E-state index is -1.61. The zero-order chi connectivity index (χ0) is 66.0. The van der Waals surface area contributed by atoms with Crippen LogP contribution in [0.2, 0.25) is 0 Å². The first-order valence-corrected chi connectivity index (χ1v) is 30.6. The highest BCUT2D eigenvalue weighted by Crippen LogP contribution is 2.26. The Labute approximate surface area is 508 Å². The molecule has 1 rings (SSSR count). The monoisotopic (exact) mass is 1200 g/mol. The molecule has 0 saturated carbocycles. The van der Waals surface area contributed by atoms with Crippen LogP contribution in [-0.2, 0) is 52.7 Å². The van der Waals surface area contributed by atoms with Gasteiger partial charge in [-0.3, -0.25) is 52.7 Å². The molecule has 0 aromatic rings. The Kier molecular flexibility index (Phi) is 31.5. The van der Waals surface area contributed by atoms with Gasteiger partial charge in [0.1, 0.15) is 60.4 Å². The van der Waals surface area contributed by atoms with E-state index in [4.69, 9.17) is 0 Å². The Morgan fingerprint density at radius 2 is 0.871 bits per heavy atom. The molecule has 1 aliphatic heterocycles. The predicted octanol–water partition coefficient (Wildman–Crippen LogP) is 3.27. The quantitative estimate of drug-likeness (QED) is 0.148. The van der Waals surface area contributed by atoms with E-state index >= 15 is 9.59 Å². The number of allylic oxidation sites excluding steroid dienone is 2. The van der Waals surface area contributed by atoms with Crippen molar-refractivity contribution in [2.75, 3.05) is 55.9 Å². The van der Waals surface area contributed by atoms with Gasteiger partial charge in [-0.05, 0) is 101 Å². The number of aliphatic hydroxyl groups excluding tert-OH is 1. The Morgan fingerprint density at radius 3 is 1.32 bits per heavy atom. The molecular formula is C62H111N11O12. The fourth-order valence-electron chi connectivity index (χ4n) is 10.7. The molecular weight excluding hydrogens is 1090 g/mol. The van der Waals surface area contributed by atoms with Crippen LogP contribution in [0.3, 0.4) is 0 Å². The predicted molar refractivity (Wildman–Crippen MR) is 328 cm³/mol. The van der Waals surface area contributed by atoms with Gasteiger partial charge in [0.2, 0.25) is 65.0 Å². The summed E-state index contributed by atoms with van der Waals surface area (Å²) >= 11 is 0. The number of rotatable bonds is 15. The maximum Gasteiger partial charge on any atom is 0.246 e. The molecule has 1 fully saturated rings. The lowest BCUT2D eigenvalue weighted by Gasteiger charge is -2.41. The highest BCUT2D eigenvalue weighted by molar-refractivity contribution is 5.99. The molecule has 12 atom stereocenters. The summed E-state index contributed by atoms with van der Waals surface area (Å²) in [6.45, 7) is 29.3. The number of carbonyl (C=O) groups is 11. The number of carbonyl (C=O) groups excluding carboxylic acids is 11. The molecule has 1 heterocycles. The van der Waals surface area contributed by atoms with Gasteiger partial charge >= 0.3 is 0 Å². The number of likely N-dealkylation sites (N-methyl/N-ethyl adjacent to an activating group) is 7. The van der Waals surface area contributed by atoms with Crippen LogP contribution in [0.25, 0.3) is 0 Å². The summed E-state index contributed by atoms with van der Waals surface area (Å²) < 4.78 is 0. The van der Waals surface area contributed by atoms with Gasteiger partial charge in [0.25, 0.3) is 0 Å². The molecule has 0 aliphatic carbocycles. The molecule has 0 aromatic heterocycles. The molecule has 85 heavy (non-hydrogen) atoms. The molecule has 1 aliphatic rings. The van der Waals surface area contributed by atoms with Gasteiger partial charge in [0, 0.05) is 49.3 Å². The Hall–Kier alpha value is -6.13. The van der Waals surface area contributed by atoms with E-state index in [0.717, 1.165) is 9.80 Å². The first kappa shape index (κ1) is 76.9. The van der Waals surface area contributed by atoms with Crippen molar-refractivity contribution in [3.63, 3.8) is 0 Å². The maximum absolute atomic E-state index is 15.1. The topological polar surface area (TPSA) is 279 Å². The van der Waals surface area contributed by atoms with Crippen LogP contribution in [0.1, 0.15) is 156 Å². The summed E-state index contributed by atoms with van der Waals surface area (Å²) in [6.07, 6.45) is 3.04. The molecule has 23 heteroatoms. The third-order valence-corrected chi connectivity index (χ3v) is 16.1. The van der Waals surface area contributed by atoms with Crippen LogP contribution >= 0.6 is 0 Å². The van der Waals surface area contributed by atoms with Crippen LogP contribution in [0.5, 0.6) is 0 Å². The lowest BCUT2D eigenvalue weighted by atomic mass is 9.91. The SMILES string of the molecule is C/C=C/C[C@@H](C)[C@@H](O)[C@H]1C(=O)N[C@@H](CC)C(=O)N(C)CC(=O)N(C)[C@@H](CC(C)C)C(=O)N[C@@H](C(C)C)C(=O)N(C)[C@@H](CC(C)C)C(=O)N[C@@H](C)C(=O)NC(C)C(=O)N(C)[C@@H](CC(C)C)C(=O)N(C)[C@@H](CC(C)C)C(=O)N(C)[C@@H](C(C)C)C(=O)N1C. The van der Waals surface area contributed by atoms with E-state index in [0.29, 0.717) is 6.42 Å². The lowest BCUT2D eigenvalue weighted by molar-refractivity contribution is -0.157. The van der Waals surface area contributed by atoms with Crippen LogP contribution in [0.4, 0.5) is 0 Å². The molecule has 1 saturated heterocycles. The van der Waals surface area contributed by atoms with Gasteiger partial charge in [-0.15, -0.1) is 0 Å². The normalized spacial score (nSPS) is 26.9. The molecule has 1 unspecified atom stereocenters. The number of nitrogens with zero attached hydrogens (tertiary/aromatic N) is 7. The summed E-state index contributed by atoms with van der Waals surface area (Å²) in [7, 11) is 9.92. The molecule has 0 aromatic carbocycles. The summed E-state index contributed by atoms with van der Waals surface area (Å²) in [4.78, 5) is 169. The fourth-order valence-corrected chi connectivity index (χ4v) is 10.7. The van der Waals surface area contributed by atoms with Crippen LogP contribution in [0, 0.1) is 41.4 Å². The molecule has 486 valence electrons. The summed E-state index contributed by atoms with van der Waals surface area (Å²) in [5, 5.41) is 23.1. The highest BCUT2D eigenvalue weighted by Gasteiger charge is 2.45. The van der Waals surface area contributed by atoms with Crippen LogP contribution in [-0.4, -0.2) is 227 Å². The second-order valence-electron chi connectivity index (χ2n) is 26.1. The summed E-state index contributed by atoms with van der Waals surface area (Å²) in [5.41, 5.74) is 0. The van der Waals surface area contributed by atoms with Gasteiger partial charge in [-0.25, -0.2) is 0 Å². The first-order valence-electron chi connectivity index (χ1n) is 30.6. The smallest absolute Gasteiger partial charge is 0.246 e. The number of aliphatic hydroxyl groups is 1. The number of amides is 11. The van der Waals surface area contributed by atoms with E-state index < -0.39 is 156 Å². The third-order valence-electron chi connectivity index (χ3n) is 16.1. The Balaban J connectivity index is 4.32. The van der Waals surface area contributed by atoms with Gasteiger partial charge in [0.15, 0.2) is 0 Å². The minimum absolute atomic E-state index is 0.0229. The molecule has 0 bridgehead atoms. The summed E-state index contributed by atoms with van der Waals surface area (Å²) in [6, 6.07) is -12.3. The third kappa shape index (κ3) is 21.7. The van der Waals surface area contributed by atoms with E-state index in [1.54, 1.807) is 54.5 Å². The standard InChI is InChI=1S/C62H111N11O12/c1-25-27-28-40(15)52(75)51-56(79)65-43(26-2)58(81)67(18)33-48(74)68(19)44(29-34(3)4)55(78)66-49(38(11)12)61(84)69(20)45(30-35(5)6)54(77)63-41(16)53(76)64-42(17)57(80)70(21)46(31-36(7)8)59(82)71(22)47(32-37(9)10)60(83)72(23)50(39(13)14)62(85)73(51)24/h25,27,34-47,49-52,75H,26,28-33H2,1-24H3,(H,63,77)(H,64,76)(H,65,79)(H,66,78)/b27-25+/t40-,41+,42?,43+,44+,45+,46+,47+,49+,50+,51+,52-/m1/s1. The van der Waals surface area contributed by atoms with Gasteiger partial charge in [-0.1, -0.05) is 109 Å². The Morgan fingerprint density at radius 1 is 0.459 bits per heavy atom. The lowest BCUT2D eigenvalue weighted by Crippen LogP contribution is -2.63. The van der Waals surface area contributed by atoms with Crippen molar-refractivity contribution >= 4 is 65.0 Å². The average Bonchev–Trinajstić information content (AvgIpc) is 3.62. The van der Waals surface area contributed by atoms with Crippen molar-refractivity contribution in [1.29, 1.82) is 0 Å². The summed E-state index contributed by atoms with van der Waals surface area (Å²) in [5.74, 6) is -9.71. The van der Waals surface area contributed by atoms with E-state index in [9.17, 15) is 48.3 Å². The number of nitrogens with one attached hydrogen (secondary N) is 4. The van der Waals surface area contributed by atoms with Gasteiger partial charge < -0.3 is 60.7 Å². The van der Waals surface area contributed by atoms with Gasteiger partial charge in [0.05, 0.1) is 12.6 Å². The Bertz CT molecular complexity index is 2330. The van der Waals surface area contributed by atoms with E-state index in [1.165, 1.54) is 87.7 Å². The van der Waals surface area contributed by atoms with Crippen molar-refractivity contribution in [1.82, 2.24) is 55.6 Å². The molecule has 11 amide bonds. The van der Waals surface area contributed by atoms with Crippen molar-refractivity contribution in [2.24, 2.45) is 41.4 Å². The fraction of sp³-hybridized carbons (Fsp3) is 0.790. The van der Waals surface area contributed by atoms with Crippen LogP contribution < -0.4 is 21.3 Å². The van der Waals surface area contributed by atoms with Crippen molar-refractivity contribution < 1.29 is 57.8 Å². The number of hydrogen-bond acceptors (Lipinski definition) is 12. The zero-order valence-electron chi connectivity index (χ0n) is 56.1. The van der Waals surface area contributed by atoms with Crippen LogP contribution in [0.15, 0.2) is 12.2 Å². The first-order chi connectivity index (χ1) is 39.2. The minimum Gasteiger partial charge on any atom is -0.390 e. The number of hydrogen-bond donors (Lipinski definition) is 5. The van der Waals surface area contributed by atoms with E-state index in [1.807, 2.05) is 61.5 Å². The largest absolute Gasteiger partial charge is 0.390 e. The van der Waals surface area contributed by atoms with Crippen molar-refractivity contribution in [2.45, 2.75) is 223 Å². The highest BCUT2D eigenvalue weighted by atomic mass is 16.3. The second-order valence-corrected chi connectivity index (χ2v) is 26.1. The molecule has 5 N–H and O–H groups in total. The zero-order valence-corrected chi connectivity index (χ0v) is 56.1. The maximum atomic E-state index is 15.1. The molecule has 23 nitrogen and oxygen atoms in total. The van der Waals surface area contributed by atoms with Gasteiger partial charge in [-0.2, -0.15) is 0 Å². The second kappa shape index (κ2) is 34.9. The van der Waals surface area contributed by atoms with Crippen molar-refractivity contribution in [3.05, 3.63) is 12.2 Å². The average molecular weight is 1200 g/mol. The van der Waals surface area contributed by atoms with E-state index in [-0.39, 0.29) is 55.8 Å². The van der Waals surface area contributed by atoms with Crippen molar-refractivity contribution in [3.8, 4) is 0 Å². The molecule has 0 spiro atoms. The van der Waals surface area contributed by atoms with E-state index in [2.05, 4.69) is 21.3 Å².